The van der Waals surface area contributed by atoms with Gasteiger partial charge in [-0.1, -0.05) is 121 Å². The van der Waals surface area contributed by atoms with Crippen LogP contribution in [-0.4, -0.2) is 73.0 Å². The molecule has 0 spiro atoms. The third kappa shape index (κ3) is 9.74. The fourth-order valence-corrected chi connectivity index (χ4v) is 8.40. The third-order valence-electron chi connectivity index (χ3n) is 9.18. The van der Waals surface area contributed by atoms with Gasteiger partial charge in [-0.25, -0.2) is 0 Å². The smallest absolute Gasteiger partial charge is 0.229 e. The van der Waals surface area contributed by atoms with Crippen LogP contribution in [0, 0.1) is 5.92 Å². The Morgan fingerprint density at radius 3 is 1.80 bits per heavy atom. The topological polar surface area (TPSA) is 35.6 Å². The molecule has 1 heterocycles. The van der Waals surface area contributed by atoms with Gasteiger partial charge in [0, 0.05) is 25.4 Å². The number of piperidine rings is 1. The summed E-state index contributed by atoms with van der Waals surface area (Å²) in [5, 5.41) is 3.04. The second-order valence-electron chi connectivity index (χ2n) is 12.3. The van der Waals surface area contributed by atoms with Gasteiger partial charge in [0.1, 0.15) is 0 Å². The highest BCUT2D eigenvalue weighted by atomic mass is 32.2. The van der Waals surface area contributed by atoms with E-state index in [1.807, 2.05) is 11.8 Å². The van der Waals surface area contributed by atoms with Crippen LogP contribution in [0.25, 0.3) is 0 Å². The summed E-state index contributed by atoms with van der Waals surface area (Å²) >= 11 is 6.16. The van der Waals surface area contributed by atoms with Crippen molar-refractivity contribution < 1.29 is 4.79 Å². The van der Waals surface area contributed by atoms with Crippen molar-refractivity contribution in [3.63, 3.8) is 0 Å². The summed E-state index contributed by atoms with van der Waals surface area (Å²) < 4.78 is -0.320. The van der Waals surface area contributed by atoms with Gasteiger partial charge in [0.25, 0.3) is 0 Å². The molecule has 0 atom stereocenters. The second-order valence-corrected chi connectivity index (χ2v) is 13.9. The largest absolute Gasteiger partial charge is 0.354 e. The average Bonchev–Trinajstić information content (AvgIpc) is 3.12. The van der Waals surface area contributed by atoms with E-state index in [0.29, 0.717) is 6.54 Å². The summed E-state index contributed by atoms with van der Waals surface area (Å²) in [7, 11) is 0. The zero-order valence-corrected chi connectivity index (χ0v) is 28.7. The zero-order valence-electron chi connectivity index (χ0n) is 27.0. The molecule has 242 valence electrons. The fraction of sp³-hybridized carbons (Fsp3) is 0.375. The summed E-state index contributed by atoms with van der Waals surface area (Å²) in [6, 6.07) is 43.7. The number of thiol groups is 1. The molecule has 0 aromatic heterocycles. The normalized spacial score (nSPS) is 14.4. The molecule has 0 aliphatic carbocycles. The van der Waals surface area contributed by atoms with Crippen molar-refractivity contribution in [3.8, 4) is 0 Å². The number of thioether (sulfide) groups is 1. The SMILES string of the molecule is O=C(CS)NCCN(CCCN1CCC(Cc2ccccc2)CC1)CCSC(c1ccccc1)(c1ccccc1)c1ccccc1. The number of nitrogens with zero attached hydrogens (tertiary/aromatic N) is 2. The molecular weight excluding hydrogens is 603 g/mol. The molecule has 5 rings (SSSR count). The first kappa shape index (κ1) is 34.3. The van der Waals surface area contributed by atoms with Crippen molar-refractivity contribution in [2.45, 2.75) is 30.4 Å². The van der Waals surface area contributed by atoms with Gasteiger partial charge in [0.05, 0.1) is 10.5 Å². The average molecular weight is 652 g/mol. The highest BCUT2D eigenvalue weighted by molar-refractivity contribution is 8.00. The van der Waals surface area contributed by atoms with E-state index in [1.54, 1.807) is 0 Å². The van der Waals surface area contributed by atoms with E-state index in [4.69, 9.17) is 0 Å². The Hall–Kier alpha value is -3.03. The van der Waals surface area contributed by atoms with Gasteiger partial charge in [0.15, 0.2) is 0 Å². The van der Waals surface area contributed by atoms with Crippen molar-refractivity contribution in [2.24, 2.45) is 5.92 Å². The van der Waals surface area contributed by atoms with Crippen molar-refractivity contribution in [1.82, 2.24) is 15.1 Å². The Labute approximate surface area is 286 Å². The van der Waals surface area contributed by atoms with E-state index in [1.165, 1.54) is 54.6 Å². The first-order chi connectivity index (χ1) is 22.7. The lowest BCUT2D eigenvalue weighted by molar-refractivity contribution is -0.118. The lowest BCUT2D eigenvalue weighted by Crippen LogP contribution is -2.40. The van der Waals surface area contributed by atoms with Gasteiger partial charge in [-0.3, -0.25) is 4.79 Å². The van der Waals surface area contributed by atoms with Crippen LogP contribution in [-0.2, 0) is 16.0 Å². The molecule has 1 amide bonds. The molecule has 0 radical (unpaired) electrons. The Morgan fingerprint density at radius 1 is 0.761 bits per heavy atom. The number of hydrogen-bond donors (Lipinski definition) is 2. The Morgan fingerprint density at radius 2 is 1.28 bits per heavy atom. The number of carbonyl (C=O) groups is 1. The minimum Gasteiger partial charge on any atom is -0.354 e. The molecule has 1 fully saturated rings. The molecule has 1 aliphatic heterocycles. The van der Waals surface area contributed by atoms with Crippen LogP contribution in [0.2, 0.25) is 0 Å². The number of hydrogen-bond acceptors (Lipinski definition) is 5. The molecular formula is C40H49N3OS2. The van der Waals surface area contributed by atoms with Gasteiger partial charge in [-0.05, 0) is 80.0 Å². The predicted molar refractivity (Wildman–Crippen MR) is 199 cm³/mol. The molecule has 4 nitrogen and oxygen atoms in total. The molecule has 1 N–H and O–H groups in total. The van der Waals surface area contributed by atoms with E-state index >= 15 is 0 Å². The molecule has 4 aromatic carbocycles. The van der Waals surface area contributed by atoms with E-state index in [2.05, 4.69) is 149 Å². The summed E-state index contributed by atoms with van der Waals surface area (Å²) in [5.41, 5.74) is 5.34. The minimum atomic E-state index is -0.320. The van der Waals surface area contributed by atoms with Gasteiger partial charge in [-0.2, -0.15) is 12.6 Å². The van der Waals surface area contributed by atoms with E-state index in [-0.39, 0.29) is 16.4 Å². The highest BCUT2D eigenvalue weighted by Crippen LogP contribution is 2.48. The van der Waals surface area contributed by atoms with E-state index in [0.717, 1.165) is 44.3 Å². The number of nitrogens with one attached hydrogen (secondary N) is 1. The van der Waals surface area contributed by atoms with Crippen LogP contribution in [0.3, 0.4) is 0 Å². The molecule has 46 heavy (non-hydrogen) atoms. The van der Waals surface area contributed by atoms with Crippen LogP contribution in [0.5, 0.6) is 0 Å². The number of likely N-dealkylation sites (tertiary alicyclic amines) is 1. The summed E-state index contributed by atoms with van der Waals surface area (Å²) in [5.74, 6) is 1.97. The van der Waals surface area contributed by atoms with Crippen molar-refractivity contribution >= 4 is 30.3 Å². The quantitative estimate of drug-likeness (QED) is 0.0922. The molecule has 1 saturated heterocycles. The highest BCUT2D eigenvalue weighted by Gasteiger charge is 2.36. The number of amides is 1. The molecule has 0 saturated carbocycles. The summed E-state index contributed by atoms with van der Waals surface area (Å²) in [6.45, 7) is 6.99. The van der Waals surface area contributed by atoms with Crippen LogP contribution < -0.4 is 5.32 Å². The second kappa shape index (κ2) is 18.3. The number of rotatable bonds is 17. The first-order valence-corrected chi connectivity index (χ1v) is 18.5. The molecule has 6 heteroatoms. The number of carbonyl (C=O) groups excluding carboxylic acids is 1. The van der Waals surface area contributed by atoms with Crippen molar-refractivity contribution in [2.75, 3.05) is 57.3 Å². The van der Waals surface area contributed by atoms with Crippen LogP contribution >= 0.6 is 24.4 Å². The lowest BCUT2D eigenvalue weighted by atomic mass is 9.84. The van der Waals surface area contributed by atoms with Crippen LogP contribution in [0.15, 0.2) is 121 Å². The zero-order chi connectivity index (χ0) is 31.9. The molecule has 1 aliphatic rings. The molecule has 4 aromatic rings. The maximum atomic E-state index is 12.0. The number of benzene rings is 4. The third-order valence-corrected chi connectivity index (χ3v) is 11.0. The first-order valence-electron chi connectivity index (χ1n) is 16.8. The van der Waals surface area contributed by atoms with Gasteiger partial charge >= 0.3 is 0 Å². The van der Waals surface area contributed by atoms with Crippen molar-refractivity contribution in [1.29, 1.82) is 0 Å². The van der Waals surface area contributed by atoms with Gasteiger partial charge < -0.3 is 15.1 Å². The molecule has 0 bridgehead atoms. The van der Waals surface area contributed by atoms with E-state index < -0.39 is 0 Å². The van der Waals surface area contributed by atoms with Crippen LogP contribution in [0.4, 0.5) is 0 Å². The molecule has 0 unspecified atom stereocenters. The Balaban J connectivity index is 1.22. The summed E-state index contributed by atoms with van der Waals surface area (Å²) in [4.78, 5) is 17.2. The minimum absolute atomic E-state index is 0.00715. The van der Waals surface area contributed by atoms with Gasteiger partial charge in [-0.15, -0.1) is 11.8 Å². The fourth-order valence-electron chi connectivity index (χ4n) is 6.72. The Bertz CT molecular complexity index is 1320. The van der Waals surface area contributed by atoms with Gasteiger partial charge in [0.2, 0.25) is 5.91 Å². The van der Waals surface area contributed by atoms with Crippen LogP contribution in [0.1, 0.15) is 41.5 Å². The van der Waals surface area contributed by atoms with Crippen molar-refractivity contribution in [3.05, 3.63) is 144 Å². The Kier molecular flexibility index (Phi) is 13.7. The predicted octanol–water partition coefficient (Wildman–Crippen LogP) is 7.40. The maximum Gasteiger partial charge on any atom is 0.229 e. The lowest BCUT2D eigenvalue weighted by Gasteiger charge is -2.36. The maximum absolute atomic E-state index is 12.0. The van der Waals surface area contributed by atoms with E-state index in [9.17, 15) is 4.79 Å². The monoisotopic (exact) mass is 651 g/mol. The summed E-state index contributed by atoms with van der Waals surface area (Å²) in [6.07, 6.45) is 4.90. The standard InChI is InChI=1S/C40H49N3OS2/c44-39(33-45)41-24-29-43(26-13-25-42-27-22-35(23-28-42)32-34-14-5-1-6-15-34)30-31-46-40(36-16-7-2-8-17-36,37-18-9-3-10-19-37)38-20-11-4-12-21-38/h1-12,14-21,35,45H,13,22-33H2,(H,41,44).